The number of hydrogen-bond acceptors (Lipinski definition) is 2. The van der Waals surface area contributed by atoms with Gasteiger partial charge < -0.3 is 0 Å². The van der Waals surface area contributed by atoms with Crippen LogP contribution in [0.4, 0.5) is 11.4 Å². The Morgan fingerprint density at radius 2 is 0.860 bits per heavy atom. The number of fused-ring (bicyclic) bond motifs is 12. The largest absolute Gasteiger partial charge is 0.247 e. The second kappa shape index (κ2) is 10.4. The van der Waals surface area contributed by atoms with E-state index in [0.29, 0.717) is 6.04 Å². The molecule has 0 aliphatic carbocycles. The first kappa shape index (κ1) is 26.3. The molecule has 11 rings (SSSR count). The molecule has 2 aliphatic heterocycles. The van der Waals surface area contributed by atoms with Crippen molar-refractivity contribution in [1.29, 1.82) is 0 Å². The second-order valence-corrected chi connectivity index (χ2v) is 13.1. The maximum Gasteiger partial charge on any atom is 0.0802 e. The Labute approximate surface area is 289 Å². The molecule has 0 atom stereocenters. The standard InChI is InChI=1S/C48H28N2/c1-2-14-29(15-3-1)44-40(36-23-12-22-35-32-17-5-4-16-30(32)31-18-6-7-20-34(31)45(35)36)28-41(48-46(44)39-21-9-11-27-43(39)50-48)38-25-13-24-37-33-19-8-10-26-42(33)49-47(37)38/h1-28H/i28D. The lowest BCUT2D eigenvalue weighted by Crippen LogP contribution is -2.13. The predicted octanol–water partition coefficient (Wildman–Crippen LogP) is 11.6. The predicted molar refractivity (Wildman–Crippen MR) is 206 cm³/mol. The summed E-state index contributed by atoms with van der Waals surface area (Å²) >= 11 is 0. The number of hydrogen-bond donors (Lipinski definition) is 0. The highest BCUT2D eigenvalue weighted by Crippen LogP contribution is 2.47. The molecule has 2 heteroatoms. The van der Waals surface area contributed by atoms with E-state index in [4.69, 9.17) is 9.98 Å². The van der Waals surface area contributed by atoms with Crippen LogP contribution in [-0.4, -0.2) is 0 Å². The van der Waals surface area contributed by atoms with E-state index >= 15 is 0 Å². The molecule has 0 N–H and O–H groups in total. The van der Waals surface area contributed by atoms with E-state index in [9.17, 15) is 1.37 Å². The van der Waals surface area contributed by atoms with E-state index < -0.39 is 0 Å². The number of rotatable bonds is 2. The van der Waals surface area contributed by atoms with E-state index in [1.165, 1.54) is 26.9 Å². The summed E-state index contributed by atoms with van der Waals surface area (Å²) in [5.74, 6) is 0. The maximum absolute atomic E-state index is 10.5. The molecular formula is C48H28N2. The molecule has 0 aromatic heterocycles. The van der Waals surface area contributed by atoms with E-state index in [1.54, 1.807) is 0 Å². The fraction of sp³-hybridized carbons (Fsp3) is 0. The van der Waals surface area contributed by atoms with Crippen molar-refractivity contribution in [3.63, 3.8) is 0 Å². The van der Waals surface area contributed by atoms with Crippen molar-refractivity contribution in [1.82, 2.24) is 0 Å². The van der Waals surface area contributed by atoms with Crippen LogP contribution in [0.1, 0.15) is 1.37 Å². The van der Waals surface area contributed by atoms with Gasteiger partial charge in [-0.1, -0.05) is 152 Å². The van der Waals surface area contributed by atoms with Crippen LogP contribution < -0.4 is 10.7 Å². The third-order valence-electron chi connectivity index (χ3n) is 10.5. The van der Waals surface area contributed by atoms with Gasteiger partial charge in [0.1, 0.15) is 0 Å². The summed E-state index contributed by atoms with van der Waals surface area (Å²) in [6, 6.07) is 58.1. The summed E-state index contributed by atoms with van der Waals surface area (Å²) in [5.41, 5.74) is 10.3. The molecule has 2 aliphatic rings. The van der Waals surface area contributed by atoms with Gasteiger partial charge in [0.25, 0.3) is 0 Å². The van der Waals surface area contributed by atoms with Crippen LogP contribution in [0.3, 0.4) is 0 Å². The molecule has 9 aromatic carbocycles. The average molecular weight is 634 g/mol. The Kier molecular flexibility index (Phi) is 5.49. The third kappa shape index (κ3) is 3.79. The average Bonchev–Trinajstić information content (AvgIpc) is 3.77. The SMILES string of the molecule is [2H]c1c(-c2cccc3c4ccccc4c4ccccc4c23)c(-c2ccccc2)c2c(c1=c1cccc3c1=Nc1ccccc1-3)=Nc1ccccc1-2. The molecule has 0 fully saturated rings. The van der Waals surface area contributed by atoms with Gasteiger partial charge in [0, 0.05) is 32.7 Å². The zero-order valence-corrected chi connectivity index (χ0v) is 27.0. The monoisotopic (exact) mass is 633 g/mol. The van der Waals surface area contributed by atoms with Crippen LogP contribution in [0.25, 0.3) is 76.8 Å². The van der Waals surface area contributed by atoms with Gasteiger partial charge in [0.05, 0.1) is 23.5 Å². The summed E-state index contributed by atoms with van der Waals surface area (Å²) in [6.07, 6.45) is 0. The molecule has 0 unspecified atom stereocenters. The Balaban J connectivity index is 1.43. The quantitative estimate of drug-likeness (QED) is 0.169. The normalized spacial score (nSPS) is 13.3. The number of para-hydroxylation sites is 3. The lowest BCUT2D eigenvalue weighted by molar-refractivity contribution is 1.29. The zero-order valence-electron chi connectivity index (χ0n) is 28.0. The van der Waals surface area contributed by atoms with Gasteiger partial charge in [0.15, 0.2) is 0 Å². The molecule has 0 radical (unpaired) electrons. The lowest BCUT2D eigenvalue weighted by Gasteiger charge is -2.19. The van der Waals surface area contributed by atoms with Crippen molar-refractivity contribution in [2.75, 3.05) is 0 Å². The lowest BCUT2D eigenvalue weighted by atomic mass is 9.83. The first-order chi connectivity index (χ1) is 25.3. The molecule has 0 bridgehead atoms. The van der Waals surface area contributed by atoms with Crippen molar-refractivity contribution in [2.45, 2.75) is 0 Å². The van der Waals surface area contributed by atoms with Gasteiger partial charge in [-0.05, 0) is 72.7 Å². The minimum absolute atomic E-state index is 0.452. The van der Waals surface area contributed by atoms with E-state index in [1.807, 2.05) is 12.1 Å². The smallest absolute Gasteiger partial charge is 0.0802 e. The van der Waals surface area contributed by atoms with E-state index in [0.717, 1.165) is 82.4 Å². The van der Waals surface area contributed by atoms with Crippen LogP contribution >= 0.6 is 0 Å². The molecule has 9 aromatic rings. The number of benzene rings is 9. The first-order valence-corrected chi connectivity index (χ1v) is 17.1. The molecule has 50 heavy (non-hydrogen) atoms. The van der Waals surface area contributed by atoms with Gasteiger partial charge >= 0.3 is 0 Å². The Morgan fingerprint density at radius 3 is 1.62 bits per heavy atom. The minimum atomic E-state index is 0.452. The third-order valence-corrected chi connectivity index (χ3v) is 10.5. The summed E-state index contributed by atoms with van der Waals surface area (Å²) in [6.45, 7) is 0. The molecular weight excluding hydrogens is 605 g/mol. The van der Waals surface area contributed by atoms with Crippen LogP contribution in [0.2, 0.25) is 0 Å². The molecule has 0 amide bonds. The van der Waals surface area contributed by atoms with Gasteiger partial charge in [-0.25, -0.2) is 9.98 Å². The van der Waals surface area contributed by atoms with Crippen molar-refractivity contribution in [2.24, 2.45) is 9.98 Å². The van der Waals surface area contributed by atoms with Gasteiger partial charge in [-0.2, -0.15) is 0 Å². The maximum atomic E-state index is 10.5. The fourth-order valence-corrected chi connectivity index (χ4v) is 8.35. The van der Waals surface area contributed by atoms with Crippen molar-refractivity contribution >= 4 is 43.7 Å². The van der Waals surface area contributed by atoms with Crippen LogP contribution in [0.5, 0.6) is 0 Å². The highest BCUT2D eigenvalue weighted by molar-refractivity contribution is 6.29. The molecule has 0 saturated carbocycles. The highest BCUT2D eigenvalue weighted by Gasteiger charge is 2.25. The Morgan fingerprint density at radius 1 is 0.340 bits per heavy atom. The summed E-state index contributed by atoms with van der Waals surface area (Å²) in [7, 11) is 0. The van der Waals surface area contributed by atoms with Gasteiger partial charge in [-0.15, -0.1) is 0 Å². The Bertz CT molecular complexity index is 3160. The van der Waals surface area contributed by atoms with Crippen LogP contribution in [-0.2, 0) is 0 Å². The summed E-state index contributed by atoms with van der Waals surface area (Å²) in [4.78, 5) is 10.5. The molecule has 0 spiro atoms. The van der Waals surface area contributed by atoms with Crippen molar-refractivity contribution in [3.8, 4) is 44.5 Å². The summed E-state index contributed by atoms with van der Waals surface area (Å²) < 4.78 is 10.5. The van der Waals surface area contributed by atoms with E-state index in [-0.39, 0.29) is 0 Å². The van der Waals surface area contributed by atoms with Crippen LogP contribution in [0.15, 0.2) is 180 Å². The fourth-order valence-electron chi connectivity index (χ4n) is 8.35. The van der Waals surface area contributed by atoms with Gasteiger partial charge in [0.2, 0.25) is 0 Å². The van der Waals surface area contributed by atoms with E-state index in [2.05, 4.69) is 152 Å². The highest BCUT2D eigenvalue weighted by atomic mass is 14.8. The molecule has 2 heterocycles. The van der Waals surface area contributed by atoms with Crippen molar-refractivity contribution < 1.29 is 1.37 Å². The van der Waals surface area contributed by atoms with Gasteiger partial charge in [-0.3, -0.25) is 0 Å². The topological polar surface area (TPSA) is 24.7 Å². The molecule has 2 nitrogen and oxygen atoms in total. The molecule has 230 valence electrons. The second-order valence-electron chi connectivity index (χ2n) is 13.1. The Hall–Kier alpha value is -6.64. The van der Waals surface area contributed by atoms with Crippen LogP contribution in [0, 0.1) is 10.4 Å². The number of nitrogens with zero attached hydrogens (tertiary/aromatic N) is 2. The van der Waals surface area contributed by atoms with Crippen molar-refractivity contribution in [3.05, 3.63) is 191 Å². The molecule has 0 saturated heterocycles. The summed E-state index contributed by atoms with van der Waals surface area (Å²) in [5, 5.41) is 10.6. The minimum Gasteiger partial charge on any atom is -0.247 e. The first-order valence-electron chi connectivity index (χ1n) is 17.6. The zero-order chi connectivity index (χ0) is 33.6.